The van der Waals surface area contributed by atoms with Gasteiger partial charge < -0.3 is 10.1 Å². The smallest absolute Gasteiger partial charge is 0.371 e. The van der Waals surface area contributed by atoms with Crippen LogP contribution in [0.4, 0.5) is 13.2 Å². The first-order valence-corrected chi connectivity index (χ1v) is 6.95. The highest BCUT2D eigenvalue weighted by Gasteiger charge is 2.30. The lowest BCUT2D eigenvalue weighted by Crippen LogP contribution is -2.41. The van der Waals surface area contributed by atoms with Gasteiger partial charge in [0.15, 0.2) is 0 Å². The van der Waals surface area contributed by atoms with E-state index in [-0.39, 0.29) is 6.61 Å². The fourth-order valence-corrected chi connectivity index (χ4v) is 2.44. The molecule has 20 heavy (non-hydrogen) atoms. The molecule has 1 aliphatic rings. The summed E-state index contributed by atoms with van der Waals surface area (Å²) in [7, 11) is 0. The van der Waals surface area contributed by atoms with Crippen LogP contribution in [0.1, 0.15) is 24.3 Å². The van der Waals surface area contributed by atoms with E-state index >= 15 is 0 Å². The van der Waals surface area contributed by atoms with Gasteiger partial charge in [-0.1, -0.05) is 23.7 Å². The normalized spacial score (nSPS) is 22.6. The summed E-state index contributed by atoms with van der Waals surface area (Å²) in [6.45, 7) is -0.636. The first-order chi connectivity index (χ1) is 9.44. The van der Waals surface area contributed by atoms with E-state index in [1.807, 2.05) is 24.3 Å². The van der Waals surface area contributed by atoms with Gasteiger partial charge in [-0.25, -0.2) is 0 Å². The minimum Gasteiger partial charge on any atom is -0.371 e. The molecule has 0 amide bonds. The van der Waals surface area contributed by atoms with Crippen molar-refractivity contribution in [2.45, 2.75) is 31.0 Å². The van der Waals surface area contributed by atoms with Gasteiger partial charge in [0.2, 0.25) is 0 Å². The Labute approximate surface area is 121 Å². The second-order valence-electron chi connectivity index (χ2n) is 5.04. The Morgan fingerprint density at radius 2 is 1.85 bits per heavy atom. The van der Waals surface area contributed by atoms with E-state index in [9.17, 15) is 13.2 Å². The molecule has 6 heteroatoms. The number of alkyl halides is 3. The molecule has 2 rings (SSSR count). The van der Waals surface area contributed by atoms with E-state index in [2.05, 4.69) is 10.1 Å². The molecule has 1 aromatic rings. The summed E-state index contributed by atoms with van der Waals surface area (Å²) in [6.07, 6.45) is -2.24. The number of benzene rings is 1. The lowest BCUT2D eigenvalue weighted by molar-refractivity contribution is -0.173. The van der Waals surface area contributed by atoms with Crippen molar-refractivity contribution in [1.82, 2.24) is 5.32 Å². The maximum atomic E-state index is 11.8. The van der Waals surface area contributed by atoms with Gasteiger partial charge in [-0.2, -0.15) is 13.2 Å². The average Bonchev–Trinajstić information content (AvgIpc) is 2.31. The number of halogens is 4. The van der Waals surface area contributed by atoms with E-state index in [1.54, 1.807) is 0 Å². The Balaban J connectivity index is 1.57. The molecule has 0 bridgehead atoms. The molecule has 0 aromatic heterocycles. The third-order valence-corrected chi connectivity index (χ3v) is 3.68. The molecule has 0 radical (unpaired) electrons. The summed E-state index contributed by atoms with van der Waals surface area (Å²) in [6, 6.07) is 8.17. The van der Waals surface area contributed by atoms with E-state index in [0.717, 1.165) is 17.9 Å². The van der Waals surface area contributed by atoms with Crippen molar-refractivity contribution in [3.8, 4) is 0 Å². The first-order valence-electron chi connectivity index (χ1n) is 6.57. The van der Waals surface area contributed by atoms with Gasteiger partial charge in [0.25, 0.3) is 0 Å². The van der Waals surface area contributed by atoms with Crippen LogP contribution in [-0.2, 0) is 4.74 Å². The monoisotopic (exact) mass is 307 g/mol. The Hall–Kier alpha value is -0.780. The molecule has 0 saturated heterocycles. The predicted molar refractivity (Wildman–Crippen MR) is 72.1 cm³/mol. The molecule has 2 nitrogen and oxygen atoms in total. The van der Waals surface area contributed by atoms with Crippen LogP contribution >= 0.6 is 11.6 Å². The molecule has 1 aromatic carbocycles. The summed E-state index contributed by atoms with van der Waals surface area (Å²) < 4.78 is 40.0. The van der Waals surface area contributed by atoms with Gasteiger partial charge in [0.1, 0.15) is 6.61 Å². The van der Waals surface area contributed by atoms with Gasteiger partial charge in [0, 0.05) is 17.6 Å². The third kappa shape index (κ3) is 4.96. The molecule has 0 aliphatic heterocycles. The minimum absolute atomic E-state index is 0.0849. The maximum Gasteiger partial charge on any atom is 0.411 e. The molecule has 1 saturated carbocycles. The first kappa shape index (κ1) is 15.6. The van der Waals surface area contributed by atoms with Crippen LogP contribution in [0.5, 0.6) is 0 Å². The average molecular weight is 308 g/mol. The Bertz CT molecular complexity index is 415. The molecule has 0 atom stereocenters. The van der Waals surface area contributed by atoms with Crippen molar-refractivity contribution in [2.24, 2.45) is 0 Å². The second-order valence-corrected chi connectivity index (χ2v) is 5.48. The molecular weight excluding hydrogens is 291 g/mol. The summed E-state index contributed by atoms with van der Waals surface area (Å²) in [5.41, 5.74) is 1.26. The van der Waals surface area contributed by atoms with Crippen LogP contribution < -0.4 is 5.32 Å². The zero-order chi connectivity index (χ0) is 14.6. The molecular formula is C14H17ClF3NO. The number of nitrogens with one attached hydrogen (secondary N) is 1. The fourth-order valence-electron chi connectivity index (χ4n) is 2.31. The highest BCUT2D eigenvalue weighted by atomic mass is 35.5. The zero-order valence-corrected chi connectivity index (χ0v) is 11.7. The van der Waals surface area contributed by atoms with Crippen LogP contribution in [0.25, 0.3) is 0 Å². The molecule has 1 N–H and O–H groups in total. The Morgan fingerprint density at radius 1 is 1.20 bits per heavy atom. The third-order valence-electron chi connectivity index (χ3n) is 3.42. The lowest BCUT2D eigenvalue weighted by atomic mass is 9.76. The predicted octanol–water partition coefficient (Wildman–Crippen LogP) is 3.75. The Morgan fingerprint density at radius 3 is 2.45 bits per heavy atom. The van der Waals surface area contributed by atoms with Gasteiger partial charge in [0.05, 0.1) is 6.61 Å². The van der Waals surface area contributed by atoms with Crippen molar-refractivity contribution >= 4 is 11.6 Å². The fraction of sp³-hybridized carbons (Fsp3) is 0.571. The largest absolute Gasteiger partial charge is 0.411 e. The van der Waals surface area contributed by atoms with Gasteiger partial charge in [-0.15, -0.1) is 0 Å². The van der Waals surface area contributed by atoms with Crippen molar-refractivity contribution in [2.75, 3.05) is 19.8 Å². The maximum absolute atomic E-state index is 11.8. The number of rotatable bonds is 6. The van der Waals surface area contributed by atoms with Gasteiger partial charge in [-0.3, -0.25) is 0 Å². The topological polar surface area (TPSA) is 21.3 Å². The standard InChI is InChI=1S/C14H17ClF3NO/c15-12-3-1-10(2-4-12)11-7-13(8-11)19-5-6-20-9-14(16,17)18/h1-4,11,13,19H,5-9H2. The highest BCUT2D eigenvalue weighted by Crippen LogP contribution is 2.37. The molecule has 0 spiro atoms. The molecule has 0 heterocycles. The second kappa shape index (κ2) is 6.78. The molecule has 1 aliphatic carbocycles. The summed E-state index contributed by atoms with van der Waals surface area (Å²) in [4.78, 5) is 0. The van der Waals surface area contributed by atoms with E-state index in [1.165, 1.54) is 5.56 Å². The number of hydrogen-bond acceptors (Lipinski definition) is 2. The zero-order valence-electron chi connectivity index (χ0n) is 10.9. The Kier molecular flexibility index (Phi) is 5.29. The van der Waals surface area contributed by atoms with Crippen molar-refractivity contribution < 1.29 is 17.9 Å². The lowest BCUT2D eigenvalue weighted by Gasteiger charge is -2.36. The molecule has 1 fully saturated rings. The summed E-state index contributed by atoms with van der Waals surface area (Å²) in [5, 5.41) is 3.92. The minimum atomic E-state index is -4.24. The van der Waals surface area contributed by atoms with E-state index in [0.29, 0.717) is 18.5 Å². The number of hydrogen-bond donors (Lipinski definition) is 1. The van der Waals surface area contributed by atoms with Crippen LogP contribution in [0, 0.1) is 0 Å². The van der Waals surface area contributed by atoms with Crippen LogP contribution in [0.3, 0.4) is 0 Å². The van der Waals surface area contributed by atoms with Crippen molar-refractivity contribution in [3.05, 3.63) is 34.9 Å². The van der Waals surface area contributed by atoms with E-state index < -0.39 is 12.8 Å². The van der Waals surface area contributed by atoms with Crippen LogP contribution in [-0.4, -0.2) is 32.0 Å². The number of ether oxygens (including phenoxy) is 1. The SMILES string of the molecule is FC(F)(F)COCCNC1CC(c2ccc(Cl)cc2)C1. The van der Waals surface area contributed by atoms with Crippen LogP contribution in [0.2, 0.25) is 5.02 Å². The van der Waals surface area contributed by atoms with Gasteiger partial charge in [-0.05, 0) is 36.5 Å². The molecule has 112 valence electrons. The van der Waals surface area contributed by atoms with E-state index in [4.69, 9.17) is 11.6 Å². The van der Waals surface area contributed by atoms with Crippen molar-refractivity contribution in [3.63, 3.8) is 0 Å². The summed E-state index contributed by atoms with van der Waals surface area (Å²) >= 11 is 5.83. The summed E-state index contributed by atoms with van der Waals surface area (Å²) in [5.74, 6) is 0.515. The molecule has 0 unspecified atom stereocenters. The highest BCUT2D eigenvalue weighted by molar-refractivity contribution is 6.30. The van der Waals surface area contributed by atoms with Crippen molar-refractivity contribution in [1.29, 1.82) is 0 Å². The quantitative estimate of drug-likeness (QED) is 0.808. The van der Waals surface area contributed by atoms with Crippen LogP contribution in [0.15, 0.2) is 24.3 Å². The van der Waals surface area contributed by atoms with Gasteiger partial charge >= 0.3 is 6.18 Å².